The molecule has 1 fully saturated rings. The van der Waals surface area contributed by atoms with E-state index >= 15 is 0 Å². The monoisotopic (exact) mass is 229 g/mol. The van der Waals surface area contributed by atoms with E-state index in [2.05, 4.69) is 13.0 Å². The number of hydrogen-bond acceptors (Lipinski definition) is 2. The molecular formula is C14H20BNO. The van der Waals surface area contributed by atoms with Crippen molar-refractivity contribution < 1.29 is 5.11 Å². The quantitative estimate of drug-likeness (QED) is 0.788. The number of benzene rings is 1. The average molecular weight is 229 g/mol. The molecule has 1 atom stereocenters. The molecule has 0 saturated carbocycles. The first-order valence-electron chi connectivity index (χ1n) is 6.45. The first-order chi connectivity index (χ1) is 8.16. The predicted octanol–water partition coefficient (Wildman–Crippen LogP) is 2.61. The molecule has 17 heavy (non-hydrogen) atoms. The molecule has 0 bridgehead atoms. The second-order valence-electron chi connectivity index (χ2n) is 5.11. The van der Waals surface area contributed by atoms with Crippen molar-refractivity contribution >= 4 is 7.98 Å². The molecule has 0 aromatic heterocycles. The Bertz CT molecular complexity index is 382. The third-order valence-electron chi connectivity index (χ3n) is 3.99. The molecule has 1 aromatic carbocycles. The summed E-state index contributed by atoms with van der Waals surface area (Å²) in [5.41, 5.74) is 1.32. The highest BCUT2D eigenvalue weighted by Gasteiger charge is 2.32. The number of phenols is 1. The van der Waals surface area contributed by atoms with Gasteiger partial charge in [0.1, 0.15) is 5.75 Å². The van der Waals surface area contributed by atoms with E-state index in [1.54, 1.807) is 6.07 Å². The fraction of sp³-hybridized carbons (Fsp3) is 0.571. The van der Waals surface area contributed by atoms with Gasteiger partial charge in [0.15, 0.2) is 7.98 Å². The molecule has 1 aromatic rings. The molecule has 3 heteroatoms. The van der Waals surface area contributed by atoms with Crippen LogP contribution in [-0.4, -0.2) is 31.0 Å². The van der Waals surface area contributed by atoms with Crippen molar-refractivity contribution in [1.29, 1.82) is 0 Å². The van der Waals surface area contributed by atoms with E-state index in [4.69, 9.17) is 7.98 Å². The van der Waals surface area contributed by atoms with Gasteiger partial charge in [-0.3, -0.25) is 0 Å². The van der Waals surface area contributed by atoms with E-state index in [0.717, 1.165) is 32.4 Å². The van der Waals surface area contributed by atoms with Gasteiger partial charge in [-0.25, -0.2) is 0 Å². The SMILES string of the molecule is [B]N1CCCCC(CC)(c2cccc(O)c2)C1. The van der Waals surface area contributed by atoms with E-state index in [1.165, 1.54) is 12.0 Å². The van der Waals surface area contributed by atoms with Crippen LogP contribution in [0.5, 0.6) is 5.75 Å². The Morgan fingerprint density at radius 1 is 1.41 bits per heavy atom. The van der Waals surface area contributed by atoms with Crippen molar-refractivity contribution in [3.8, 4) is 5.75 Å². The fourth-order valence-electron chi connectivity index (χ4n) is 2.89. The van der Waals surface area contributed by atoms with Gasteiger partial charge < -0.3 is 9.92 Å². The van der Waals surface area contributed by atoms with E-state index in [1.807, 2.05) is 16.9 Å². The summed E-state index contributed by atoms with van der Waals surface area (Å²) < 4.78 is 0. The van der Waals surface area contributed by atoms with Gasteiger partial charge in [-0.15, -0.1) is 0 Å². The second kappa shape index (κ2) is 5.13. The standard InChI is InChI=1S/C14H20BNO/c1-2-14(8-3-4-9-16(15)11-14)12-6-5-7-13(17)10-12/h5-7,10,17H,2-4,8-9,11H2,1H3. The molecule has 90 valence electrons. The van der Waals surface area contributed by atoms with E-state index in [9.17, 15) is 5.11 Å². The van der Waals surface area contributed by atoms with Crippen LogP contribution in [-0.2, 0) is 5.41 Å². The Labute approximate surface area is 105 Å². The van der Waals surface area contributed by atoms with E-state index in [0.29, 0.717) is 5.75 Å². The number of rotatable bonds is 2. The molecule has 1 saturated heterocycles. The van der Waals surface area contributed by atoms with Gasteiger partial charge in [-0.05, 0) is 50.0 Å². The number of hydrogen-bond donors (Lipinski definition) is 1. The maximum Gasteiger partial charge on any atom is 0.182 e. The smallest absolute Gasteiger partial charge is 0.182 e. The third kappa shape index (κ3) is 2.66. The van der Waals surface area contributed by atoms with Crippen LogP contribution in [0.25, 0.3) is 0 Å². The first kappa shape index (κ1) is 12.5. The Kier molecular flexibility index (Phi) is 3.77. The highest BCUT2D eigenvalue weighted by atomic mass is 16.3. The molecule has 2 nitrogen and oxygen atoms in total. The van der Waals surface area contributed by atoms with Crippen molar-refractivity contribution in [2.75, 3.05) is 13.1 Å². The molecule has 2 radical (unpaired) electrons. The van der Waals surface area contributed by atoms with Crippen LogP contribution in [0.15, 0.2) is 24.3 Å². The maximum atomic E-state index is 9.65. The summed E-state index contributed by atoms with van der Waals surface area (Å²) in [5, 5.41) is 9.65. The van der Waals surface area contributed by atoms with Gasteiger partial charge in [0.05, 0.1) is 0 Å². The largest absolute Gasteiger partial charge is 0.508 e. The number of nitrogens with zero attached hydrogens (tertiary/aromatic N) is 1. The Morgan fingerprint density at radius 3 is 2.94 bits per heavy atom. The zero-order valence-corrected chi connectivity index (χ0v) is 10.5. The molecule has 2 rings (SSSR count). The van der Waals surface area contributed by atoms with Crippen molar-refractivity contribution in [3.05, 3.63) is 29.8 Å². The van der Waals surface area contributed by atoms with Gasteiger partial charge in [0, 0.05) is 5.41 Å². The summed E-state index contributed by atoms with van der Waals surface area (Å²) >= 11 is 0. The molecule has 1 unspecified atom stereocenters. The van der Waals surface area contributed by atoms with Crippen LogP contribution in [0.4, 0.5) is 0 Å². The summed E-state index contributed by atoms with van der Waals surface area (Å²) in [6.07, 6.45) is 4.58. The van der Waals surface area contributed by atoms with Gasteiger partial charge >= 0.3 is 0 Å². The molecule has 1 heterocycles. The van der Waals surface area contributed by atoms with Gasteiger partial charge in [0.2, 0.25) is 0 Å². The van der Waals surface area contributed by atoms with Gasteiger partial charge in [-0.2, -0.15) is 0 Å². The summed E-state index contributed by atoms with van der Waals surface area (Å²) in [7, 11) is 6.03. The zero-order valence-electron chi connectivity index (χ0n) is 10.5. The highest BCUT2D eigenvalue weighted by molar-refractivity contribution is 6.04. The second-order valence-corrected chi connectivity index (χ2v) is 5.11. The van der Waals surface area contributed by atoms with Crippen molar-refractivity contribution in [2.45, 2.75) is 38.0 Å². The van der Waals surface area contributed by atoms with Crippen molar-refractivity contribution in [1.82, 2.24) is 4.81 Å². The normalized spacial score (nSPS) is 26.6. The molecule has 0 aliphatic carbocycles. The summed E-state index contributed by atoms with van der Waals surface area (Å²) in [6.45, 7) is 4.07. The summed E-state index contributed by atoms with van der Waals surface area (Å²) in [4.78, 5) is 1.93. The summed E-state index contributed by atoms with van der Waals surface area (Å²) in [6, 6.07) is 7.66. The van der Waals surface area contributed by atoms with E-state index in [-0.39, 0.29) is 5.41 Å². The molecule has 0 amide bonds. The molecule has 0 spiro atoms. The Balaban J connectivity index is 2.34. The lowest BCUT2D eigenvalue weighted by molar-refractivity contribution is 0.315. The van der Waals surface area contributed by atoms with E-state index < -0.39 is 0 Å². The lowest BCUT2D eigenvalue weighted by Crippen LogP contribution is -2.37. The van der Waals surface area contributed by atoms with Gasteiger partial charge in [-0.1, -0.05) is 25.5 Å². The Morgan fingerprint density at radius 2 is 2.24 bits per heavy atom. The van der Waals surface area contributed by atoms with Gasteiger partial charge in [0.25, 0.3) is 0 Å². The number of phenolic OH excluding ortho intramolecular Hbond substituents is 1. The fourth-order valence-corrected chi connectivity index (χ4v) is 2.89. The van der Waals surface area contributed by atoms with Crippen LogP contribution >= 0.6 is 0 Å². The van der Waals surface area contributed by atoms with Crippen LogP contribution in [0, 0.1) is 0 Å². The predicted molar refractivity (Wildman–Crippen MR) is 71.3 cm³/mol. The highest BCUT2D eigenvalue weighted by Crippen LogP contribution is 2.37. The lowest BCUT2D eigenvalue weighted by Gasteiger charge is -2.35. The maximum absolute atomic E-state index is 9.65. The average Bonchev–Trinajstić information content (AvgIpc) is 2.52. The minimum Gasteiger partial charge on any atom is -0.508 e. The first-order valence-corrected chi connectivity index (χ1v) is 6.45. The third-order valence-corrected chi connectivity index (χ3v) is 3.99. The zero-order chi connectivity index (χ0) is 12.3. The Hall–Kier alpha value is -0.955. The molecular weight excluding hydrogens is 209 g/mol. The lowest BCUT2D eigenvalue weighted by atomic mass is 9.74. The molecule has 1 aliphatic rings. The van der Waals surface area contributed by atoms with Crippen LogP contribution in [0.2, 0.25) is 0 Å². The summed E-state index contributed by atoms with van der Waals surface area (Å²) in [5.74, 6) is 0.350. The topological polar surface area (TPSA) is 23.5 Å². The molecule has 1 N–H and O–H groups in total. The van der Waals surface area contributed by atoms with Crippen LogP contribution in [0.1, 0.15) is 38.2 Å². The van der Waals surface area contributed by atoms with Crippen LogP contribution < -0.4 is 0 Å². The van der Waals surface area contributed by atoms with Crippen LogP contribution in [0.3, 0.4) is 0 Å². The minimum absolute atomic E-state index is 0.101. The van der Waals surface area contributed by atoms with Crippen molar-refractivity contribution in [2.24, 2.45) is 0 Å². The molecule has 1 aliphatic heterocycles. The number of aromatic hydroxyl groups is 1. The minimum atomic E-state index is 0.101. The van der Waals surface area contributed by atoms with Crippen molar-refractivity contribution in [3.63, 3.8) is 0 Å².